The Balaban J connectivity index is 2.00. The molecule has 0 spiro atoms. The average Bonchev–Trinajstić information content (AvgIpc) is 3.73. The highest BCUT2D eigenvalue weighted by molar-refractivity contribution is 5.93. The minimum atomic E-state index is -0.793. The van der Waals surface area contributed by atoms with Crippen molar-refractivity contribution in [3.63, 3.8) is 0 Å². The summed E-state index contributed by atoms with van der Waals surface area (Å²) < 4.78 is 28.3. The summed E-state index contributed by atoms with van der Waals surface area (Å²) >= 11 is 0. The van der Waals surface area contributed by atoms with Gasteiger partial charge in [-0.1, -0.05) is 116 Å². The van der Waals surface area contributed by atoms with Gasteiger partial charge in [-0.2, -0.15) is 0 Å². The molecule has 0 aromatic heterocycles. The molecular formula is C35H62F2N2O4. The van der Waals surface area contributed by atoms with E-state index in [2.05, 4.69) is 10.6 Å². The summed E-state index contributed by atoms with van der Waals surface area (Å²) in [7, 11) is 0. The number of nitrogens with one attached hydrogen (secondary N) is 2. The van der Waals surface area contributed by atoms with Gasteiger partial charge in [-0.15, -0.1) is 0 Å². The number of aliphatic hydroxyl groups is 2. The zero-order chi connectivity index (χ0) is 31.4. The Hall–Kier alpha value is -1.80. The van der Waals surface area contributed by atoms with Gasteiger partial charge in [-0.05, 0) is 57.1 Å². The summed E-state index contributed by atoms with van der Waals surface area (Å²) in [6.07, 6.45) is 28.9. The highest BCUT2D eigenvalue weighted by Crippen LogP contribution is 2.23. The Morgan fingerprint density at radius 1 is 0.488 bits per heavy atom. The highest BCUT2D eigenvalue weighted by Gasteiger charge is 2.40. The monoisotopic (exact) mass is 612 g/mol. The van der Waals surface area contributed by atoms with Crippen LogP contribution in [0.15, 0.2) is 23.8 Å². The lowest BCUT2D eigenvalue weighted by Gasteiger charge is -2.05. The molecule has 0 bridgehead atoms. The predicted octanol–water partition coefficient (Wildman–Crippen LogP) is 8.41. The zero-order valence-electron chi connectivity index (χ0n) is 26.9. The van der Waals surface area contributed by atoms with Crippen molar-refractivity contribution in [2.24, 2.45) is 0 Å². The van der Waals surface area contributed by atoms with Gasteiger partial charge in [0.05, 0.1) is 12.1 Å². The average molecular weight is 613 g/mol. The lowest BCUT2D eigenvalue weighted by atomic mass is 10.1. The van der Waals surface area contributed by atoms with Crippen LogP contribution in [0, 0.1) is 0 Å². The number of amides is 2. The Bertz CT molecular complexity index is 713. The molecule has 1 rings (SSSR count). The van der Waals surface area contributed by atoms with Crippen molar-refractivity contribution in [1.82, 2.24) is 10.6 Å². The quantitative estimate of drug-likeness (QED) is 0.0483. The second-order valence-corrected chi connectivity index (χ2v) is 12.3. The number of halogens is 2. The van der Waals surface area contributed by atoms with Crippen LogP contribution in [0.25, 0.3) is 0 Å². The Morgan fingerprint density at radius 2 is 0.744 bits per heavy atom. The SMILES string of the molecule is O=C(N[C@H]1C[C@H]1NC(=O)/C(F)=C\CCCCCCCCCCCCCO)/C(F)=C\CCCCCCCCCCCCCO. The number of rotatable bonds is 30. The van der Waals surface area contributed by atoms with Crippen molar-refractivity contribution in [1.29, 1.82) is 0 Å². The molecule has 0 aromatic rings. The van der Waals surface area contributed by atoms with Crippen LogP contribution in [0.4, 0.5) is 8.78 Å². The number of hydrogen-bond acceptors (Lipinski definition) is 4. The molecule has 0 unspecified atom stereocenters. The van der Waals surface area contributed by atoms with E-state index in [1.807, 2.05) is 0 Å². The van der Waals surface area contributed by atoms with Crippen LogP contribution in [0.5, 0.6) is 0 Å². The van der Waals surface area contributed by atoms with Crippen LogP contribution < -0.4 is 10.6 Å². The Labute approximate surface area is 260 Å². The minimum Gasteiger partial charge on any atom is -0.396 e. The van der Waals surface area contributed by atoms with Gasteiger partial charge in [-0.25, -0.2) is 8.78 Å². The van der Waals surface area contributed by atoms with Gasteiger partial charge >= 0.3 is 0 Å². The van der Waals surface area contributed by atoms with E-state index in [-0.39, 0.29) is 12.1 Å². The van der Waals surface area contributed by atoms with Gasteiger partial charge < -0.3 is 20.8 Å². The maximum absolute atomic E-state index is 14.2. The molecular weight excluding hydrogens is 550 g/mol. The number of allylic oxidation sites excluding steroid dienone is 2. The molecule has 8 heteroatoms. The smallest absolute Gasteiger partial charge is 0.279 e. The predicted molar refractivity (Wildman–Crippen MR) is 172 cm³/mol. The lowest BCUT2D eigenvalue weighted by Crippen LogP contribution is -2.35. The van der Waals surface area contributed by atoms with Crippen LogP contribution in [-0.2, 0) is 9.59 Å². The van der Waals surface area contributed by atoms with Crippen molar-refractivity contribution in [2.45, 2.75) is 173 Å². The molecule has 250 valence electrons. The third-order valence-electron chi connectivity index (χ3n) is 8.23. The number of unbranched alkanes of at least 4 members (excludes halogenated alkanes) is 22. The fourth-order valence-electron chi connectivity index (χ4n) is 5.33. The lowest BCUT2D eigenvalue weighted by molar-refractivity contribution is -0.120. The van der Waals surface area contributed by atoms with E-state index in [4.69, 9.17) is 10.2 Å². The van der Waals surface area contributed by atoms with Gasteiger partial charge in [0.25, 0.3) is 11.8 Å². The largest absolute Gasteiger partial charge is 0.396 e. The van der Waals surface area contributed by atoms with Crippen molar-refractivity contribution in [3.8, 4) is 0 Å². The molecule has 4 N–H and O–H groups in total. The molecule has 0 heterocycles. The minimum absolute atomic E-state index is 0.293. The summed E-state index contributed by atoms with van der Waals surface area (Å²) in [5.74, 6) is -3.12. The molecule has 0 aromatic carbocycles. The van der Waals surface area contributed by atoms with E-state index >= 15 is 0 Å². The van der Waals surface area contributed by atoms with Gasteiger partial charge in [-0.3, -0.25) is 9.59 Å². The fourth-order valence-corrected chi connectivity index (χ4v) is 5.33. The first-order valence-electron chi connectivity index (χ1n) is 17.5. The standard InChI is InChI=1S/C35H62F2N2O4/c36-30(25-21-17-13-9-5-1-3-7-11-15-19-23-27-40)34(42)38-32-29-33(32)39-35(43)31(37)26-22-18-14-10-6-2-4-8-12-16-20-24-28-41/h25-26,32-33,40-41H,1-24,27-29H2,(H,38,42)(H,39,43)/b30-25+,31-26+/t32-,33+. The molecule has 0 radical (unpaired) electrons. The molecule has 0 saturated heterocycles. The highest BCUT2D eigenvalue weighted by atomic mass is 19.1. The summed E-state index contributed by atoms with van der Waals surface area (Å²) in [5.41, 5.74) is 0. The van der Waals surface area contributed by atoms with E-state index in [1.54, 1.807) is 0 Å². The second kappa shape index (κ2) is 27.7. The molecule has 2 atom stereocenters. The maximum Gasteiger partial charge on any atom is 0.279 e. The maximum atomic E-state index is 14.2. The summed E-state index contributed by atoms with van der Waals surface area (Å²) in [6, 6.07) is -0.725. The van der Waals surface area contributed by atoms with E-state index in [9.17, 15) is 18.4 Å². The molecule has 1 aliphatic carbocycles. The van der Waals surface area contributed by atoms with Crippen molar-refractivity contribution in [2.75, 3.05) is 13.2 Å². The first kappa shape index (κ1) is 39.2. The van der Waals surface area contributed by atoms with Gasteiger partial charge in [0.2, 0.25) is 0 Å². The number of carbonyl (C=O) groups excluding carboxylic acids is 2. The van der Waals surface area contributed by atoms with Crippen LogP contribution in [0.3, 0.4) is 0 Å². The van der Waals surface area contributed by atoms with E-state index in [0.29, 0.717) is 32.5 Å². The molecule has 43 heavy (non-hydrogen) atoms. The van der Waals surface area contributed by atoms with E-state index in [0.717, 1.165) is 64.2 Å². The summed E-state index contributed by atoms with van der Waals surface area (Å²) in [4.78, 5) is 24.2. The van der Waals surface area contributed by atoms with E-state index < -0.39 is 23.5 Å². The van der Waals surface area contributed by atoms with Crippen molar-refractivity contribution < 1.29 is 28.6 Å². The molecule has 0 aliphatic heterocycles. The second-order valence-electron chi connectivity index (χ2n) is 12.3. The molecule has 1 aliphatic rings. The Morgan fingerprint density at radius 3 is 1.02 bits per heavy atom. The molecule has 6 nitrogen and oxygen atoms in total. The molecule has 2 amide bonds. The number of carbonyl (C=O) groups is 2. The van der Waals surface area contributed by atoms with Gasteiger partial charge in [0, 0.05) is 13.2 Å². The fraction of sp³-hybridized carbons (Fsp3) is 0.829. The third-order valence-corrected chi connectivity index (χ3v) is 8.23. The van der Waals surface area contributed by atoms with Crippen molar-refractivity contribution in [3.05, 3.63) is 23.8 Å². The number of hydrogen-bond donors (Lipinski definition) is 4. The van der Waals surface area contributed by atoms with Crippen LogP contribution >= 0.6 is 0 Å². The Kier molecular flexibility index (Phi) is 25.3. The summed E-state index contributed by atoms with van der Waals surface area (Å²) in [5, 5.41) is 22.7. The van der Waals surface area contributed by atoms with Gasteiger partial charge in [0.15, 0.2) is 11.7 Å². The normalized spacial score (nSPS) is 16.8. The molecule has 1 saturated carbocycles. The van der Waals surface area contributed by atoms with Crippen LogP contribution in [0.1, 0.15) is 161 Å². The van der Waals surface area contributed by atoms with Crippen LogP contribution in [0.2, 0.25) is 0 Å². The topological polar surface area (TPSA) is 98.7 Å². The van der Waals surface area contributed by atoms with Crippen molar-refractivity contribution >= 4 is 11.8 Å². The summed E-state index contributed by atoms with van der Waals surface area (Å²) in [6.45, 7) is 0.586. The zero-order valence-corrected chi connectivity index (χ0v) is 26.9. The first-order valence-corrected chi connectivity index (χ1v) is 17.5. The first-order chi connectivity index (χ1) is 21.0. The van der Waals surface area contributed by atoms with E-state index in [1.165, 1.54) is 89.2 Å². The van der Waals surface area contributed by atoms with Crippen LogP contribution in [-0.4, -0.2) is 47.3 Å². The molecule has 1 fully saturated rings. The number of aliphatic hydroxyl groups excluding tert-OH is 2. The third kappa shape index (κ3) is 23.3. The van der Waals surface area contributed by atoms with Gasteiger partial charge in [0.1, 0.15) is 0 Å².